The number of likely N-dealkylation sites (N-methyl/N-ethyl adjacent to an activating group) is 1. The summed E-state index contributed by atoms with van der Waals surface area (Å²) in [7, 11) is 4.29. The summed E-state index contributed by atoms with van der Waals surface area (Å²) < 4.78 is 0. The predicted octanol–water partition coefficient (Wildman–Crippen LogP) is 4.32. The van der Waals surface area contributed by atoms with E-state index in [2.05, 4.69) is 65.3 Å². The molecule has 0 saturated carbocycles. The van der Waals surface area contributed by atoms with Gasteiger partial charge >= 0.3 is 0 Å². The largest absolute Gasteiger partial charge is 0.372 e. The fourth-order valence-corrected chi connectivity index (χ4v) is 4.45. The molecule has 160 valence electrons. The van der Waals surface area contributed by atoms with Crippen LogP contribution < -0.4 is 15.1 Å². The SMILES string of the molecule is CC1CCN(c2ccc(C(=O)Nc3ccc(N4CCC(N(C)C)C4)cc3)cc2)CC1. The summed E-state index contributed by atoms with van der Waals surface area (Å²) in [5.41, 5.74) is 3.96. The van der Waals surface area contributed by atoms with E-state index in [-0.39, 0.29) is 5.91 Å². The van der Waals surface area contributed by atoms with Crippen molar-refractivity contribution in [3.05, 3.63) is 54.1 Å². The zero-order valence-corrected chi connectivity index (χ0v) is 18.5. The fraction of sp³-hybridized carbons (Fsp3) is 0.480. The lowest BCUT2D eigenvalue weighted by Crippen LogP contribution is -2.32. The summed E-state index contributed by atoms with van der Waals surface area (Å²) in [6.07, 6.45) is 3.68. The molecule has 2 saturated heterocycles. The fourth-order valence-electron chi connectivity index (χ4n) is 4.45. The van der Waals surface area contributed by atoms with Gasteiger partial charge in [-0.05, 0) is 87.8 Å². The number of piperidine rings is 1. The molecule has 2 fully saturated rings. The summed E-state index contributed by atoms with van der Waals surface area (Å²) in [4.78, 5) is 19.8. The molecular formula is C25H34N4O. The number of hydrogen-bond donors (Lipinski definition) is 1. The molecule has 1 amide bonds. The quantitative estimate of drug-likeness (QED) is 0.803. The van der Waals surface area contributed by atoms with Crippen molar-refractivity contribution in [1.82, 2.24) is 4.90 Å². The maximum atomic E-state index is 12.7. The van der Waals surface area contributed by atoms with Crippen molar-refractivity contribution in [3.8, 4) is 0 Å². The normalized spacial score (nSPS) is 20.1. The number of nitrogens with one attached hydrogen (secondary N) is 1. The number of rotatable bonds is 5. The Morgan fingerprint density at radius 3 is 2.03 bits per heavy atom. The molecule has 0 aliphatic carbocycles. The predicted molar refractivity (Wildman–Crippen MR) is 126 cm³/mol. The van der Waals surface area contributed by atoms with Gasteiger partial charge in [-0.15, -0.1) is 0 Å². The summed E-state index contributed by atoms with van der Waals surface area (Å²) in [6, 6.07) is 16.8. The molecule has 30 heavy (non-hydrogen) atoms. The average molecular weight is 407 g/mol. The Labute approximate surface area is 180 Å². The van der Waals surface area contributed by atoms with Gasteiger partial charge in [0, 0.05) is 54.8 Å². The molecule has 4 rings (SSSR count). The van der Waals surface area contributed by atoms with Gasteiger partial charge in [0.05, 0.1) is 0 Å². The summed E-state index contributed by atoms with van der Waals surface area (Å²) >= 11 is 0. The molecule has 2 aromatic carbocycles. The first-order valence-corrected chi connectivity index (χ1v) is 11.2. The third-order valence-electron chi connectivity index (χ3n) is 6.66. The zero-order chi connectivity index (χ0) is 21.1. The maximum Gasteiger partial charge on any atom is 0.255 e. The molecule has 1 atom stereocenters. The Morgan fingerprint density at radius 2 is 1.43 bits per heavy atom. The molecule has 5 heteroatoms. The lowest BCUT2D eigenvalue weighted by Gasteiger charge is -2.32. The summed E-state index contributed by atoms with van der Waals surface area (Å²) in [5.74, 6) is 0.757. The number of nitrogens with zero attached hydrogens (tertiary/aromatic N) is 3. The summed E-state index contributed by atoms with van der Waals surface area (Å²) in [6.45, 7) is 6.66. The van der Waals surface area contributed by atoms with Crippen molar-refractivity contribution >= 4 is 23.0 Å². The van der Waals surface area contributed by atoms with E-state index in [4.69, 9.17) is 0 Å². The Balaban J connectivity index is 1.33. The topological polar surface area (TPSA) is 38.8 Å². The van der Waals surface area contributed by atoms with Crippen LogP contribution in [0.1, 0.15) is 36.5 Å². The lowest BCUT2D eigenvalue weighted by molar-refractivity contribution is 0.102. The molecule has 2 aliphatic rings. The minimum absolute atomic E-state index is 0.0598. The molecule has 2 aliphatic heterocycles. The van der Waals surface area contributed by atoms with Gasteiger partial charge in [0.15, 0.2) is 0 Å². The van der Waals surface area contributed by atoms with E-state index in [0.29, 0.717) is 11.6 Å². The van der Waals surface area contributed by atoms with Crippen LogP contribution in [-0.4, -0.2) is 57.1 Å². The first kappa shape index (κ1) is 20.7. The molecule has 0 spiro atoms. The number of hydrogen-bond acceptors (Lipinski definition) is 4. The molecule has 1 unspecified atom stereocenters. The van der Waals surface area contributed by atoms with Crippen molar-refractivity contribution in [3.63, 3.8) is 0 Å². The van der Waals surface area contributed by atoms with E-state index in [0.717, 1.165) is 37.8 Å². The van der Waals surface area contributed by atoms with Crippen LogP contribution in [0.4, 0.5) is 17.1 Å². The van der Waals surface area contributed by atoms with Crippen LogP contribution in [0.3, 0.4) is 0 Å². The first-order valence-electron chi connectivity index (χ1n) is 11.2. The third kappa shape index (κ3) is 4.78. The van der Waals surface area contributed by atoms with E-state index >= 15 is 0 Å². The Hall–Kier alpha value is -2.53. The van der Waals surface area contributed by atoms with E-state index in [1.54, 1.807) is 0 Å². The number of benzene rings is 2. The van der Waals surface area contributed by atoms with Crippen LogP contribution in [0.25, 0.3) is 0 Å². The van der Waals surface area contributed by atoms with Gasteiger partial charge in [-0.3, -0.25) is 4.79 Å². The smallest absolute Gasteiger partial charge is 0.255 e. The van der Waals surface area contributed by atoms with Crippen molar-refractivity contribution in [1.29, 1.82) is 0 Å². The van der Waals surface area contributed by atoms with Crippen LogP contribution in [0.2, 0.25) is 0 Å². The molecule has 5 nitrogen and oxygen atoms in total. The minimum Gasteiger partial charge on any atom is -0.372 e. The average Bonchev–Trinajstić information content (AvgIpc) is 3.26. The maximum absolute atomic E-state index is 12.7. The van der Waals surface area contributed by atoms with Crippen LogP contribution in [-0.2, 0) is 0 Å². The third-order valence-corrected chi connectivity index (χ3v) is 6.66. The second-order valence-electron chi connectivity index (χ2n) is 9.07. The lowest BCUT2D eigenvalue weighted by atomic mass is 9.98. The van der Waals surface area contributed by atoms with Crippen LogP contribution in [0.15, 0.2) is 48.5 Å². The van der Waals surface area contributed by atoms with Gasteiger partial charge in [-0.2, -0.15) is 0 Å². The highest BCUT2D eigenvalue weighted by atomic mass is 16.1. The Kier molecular flexibility index (Phi) is 6.28. The van der Waals surface area contributed by atoms with Gasteiger partial charge in [-0.25, -0.2) is 0 Å². The molecule has 0 bridgehead atoms. The van der Waals surface area contributed by atoms with Gasteiger partial charge in [0.2, 0.25) is 0 Å². The van der Waals surface area contributed by atoms with E-state index < -0.39 is 0 Å². The number of anilines is 3. The van der Waals surface area contributed by atoms with Gasteiger partial charge in [-0.1, -0.05) is 6.92 Å². The second kappa shape index (κ2) is 9.09. The molecule has 0 aromatic heterocycles. The zero-order valence-electron chi connectivity index (χ0n) is 18.5. The van der Waals surface area contributed by atoms with Crippen molar-refractivity contribution < 1.29 is 4.79 Å². The molecule has 2 heterocycles. The van der Waals surface area contributed by atoms with E-state index in [9.17, 15) is 4.79 Å². The second-order valence-corrected chi connectivity index (χ2v) is 9.07. The molecular weight excluding hydrogens is 372 g/mol. The van der Waals surface area contributed by atoms with E-state index in [1.807, 2.05) is 24.3 Å². The monoisotopic (exact) mass is 406 g/mol. The Morgan fingerprint density at radius 1 is 0.867 bits per heavy atom. The highest BCUT2D eigenvalue weighted by Gasteiger charge is 2.24. The van der Waals surface area contributed by atoms with E-state index in [1.165, 1.54) is 30.6 Å². The van der Waals surface area contributed by atoms with Crippen molar-refractivity contribution in [2.24, 2.45) is 5.92 Å². The minimum atomic E-state index is -0.0598. The van der Waals surface area contributed by atoms with Crippen LogP contribution in [0.5, 0.6) is 0 Å². The molecule has 0 radical (unpaired) electrons. The van der Waals surface area contributed by atoms with Crippen molar-refractivity contribution in [2.45, 2.75) is 32.2 Å². The standard InChI is InChI=1S/C25H34N4O/c1-19-12-15-28(16-13-19)22-8-4-20(5-9-22)25(30)26-21-6-10-23(11-7-21)29-17-14-24(18-29)27(2)3/h4-11,19,24H,12-18H2,1-3H3,(H,26,30). The van der Waals surface area contributed by atoms with Gasteiger partial charge < -0.3 is 20.0 Å². The number of carbonyl (C=O) groups excluding carboxylic acids is 1. The van der Waals surface area contributed by atoms with Crippen LogP contribution in [0, 0.1) is 5.92 Å². The number of carbonyl (C=O) groups is 1. The number of amides is 1. The van der Waals surface area contributed by atoms with Gasteiger partial charge in [0.25, 0.3) is 5.91 Å². The van der Waals surface area contributed by atoms with Crippen molar-refractivity contribution in [2.75, 3.05) is 55.4 Å². The first-order chi connectivity index (χ1) is 14.5. The molecule has 1 N–H and O–H groups in total. The highest BCUT2D eigenvalue weighted by molar-refractivity contribution is 6.04. The summed E-state index contributed by atoms with van der Waals surface area (Å²) in [5, 5.41) is 3.03. The molecule has 2 aromatic rings. The Bertz CT molecular complexity index is 838. The van der Waals surface area contributed by atoms with Crippen LogP contribution >= 0.6 is 0 Å². The highest BCUT2D eigenvalue weighted by Crippen LogP contribution is 2.25. The van der Waals surface area contributed by atoms with Gasteiger partial charge in [0.1, 0.15) is 0 Å².